The molecule has 0 aromatic rings. The third-order valence-electron chi connectivity index (χ3n) is 2.40. The van der Waals surface area contributed by atoms with Gasteiger partial charge in [0.15, 0.2) is 0 Å². The van der Waals surface area contributed by atoms with Crippen LogP contribution in [-0.2, 0) is 4.74 Å². The Bertz CT molecular complexity index is 108. The van der Waals surface area contributed by atoms with Crippen LogP contribution in [0.15, 0.2) is 0 Å². The Morgan fingerprint density at radius 3 is 2.73 bits per heavy atom. The first-order valence-electron chi connectivity index (χ1n) is 4.52. The van der Waals surface area contributed by atoms with Gasteiger partial charge in [-0.15, -0.1) is 0 Å². The third-order valence-corrected chi connectivity index (χ3v) is 2.40. The monoisotopic (exact) mass is 157 g/mol. The molecule has 0 aromatic heterocycles. The normalized spacial score (nSPS) is 25.4. The van der Waals surface area contributed by atoms with E-state index < -0.39 is 0 Å². The van der Waals surface area contributed by atoms with Crippen LogP contribution in [0.5, 0.6) is 0 Å². The lowest BCUT2D eigenvalue weighted by molar-refractivity contribution is 0.0728. The van der Waals surface area contributed by atoms with E-state index in [2.05, 4.69) is 25.8 Å². The van der Waals surface area contributed by atoms with Crippen LogP contribution >= 0.6 is 0 Å². The van der Waals surface area contributed by atoms with Crippen LogP contribution in [0.25, 0.3) is 0 Å². The van der Waals surface area contributed by atoms with Gasteiger partial charge in [0.25, 0.3) is 0 Å². The Balaban J connectivity index is 2.18. The summed E-state index contributed by atoms with van der Waals surface area (Å²) in [4.78, 5) is 2.34. The maximum atomic E-state index is 5.53. The van der Waals surface area contributed by atoms with E-state index in [0.29, 0.717) is 12.1 Å². The second-order valence-electron chi connectivity index (χ2n) is 3.67. The average molecular weight is 157 g/mol. The van der Waals surface area contributed by atoms with Gasteiger partial charge in [-0.2, -0.15) is 0 Å². The molecule has 0 aliphatic carbocycles. The first-order valence-corrected chi connectivity index (χ1v) is 4.52. The number of ether oxygens (including phenoxy) is 1. The van der Waals surface area contributed by atoms with Crippen molar-refractivity contribution < 1.29 is 4.74 Å². The molecule has 1 aliphatic rings. The van der Waals surface area contributed by atoms with Gasteiger partial charge in [0.2, 0.25) is 0 Å². The van der Waals surface area contributed by atoms with Crippen molar-refractivity contribution in [3.63, 3.8) is 0 Å². The summed E-state index contributed by atoms with van der Waals surface area (Å²) in [6.07, 6.45) is 3.00. The van der Waals surface area contributed by atoms with Gasteiger partial charge < -0.3 is 9.64 Å². The van der Waals surface area contributed by atoms with E-state index in [1.54, 1.807) is 0 Å². The molecule has 1 aliphatic heterocycles. The van der Waals surface area contributed by atoms with E-state index in [0.717, 1.165) is 13.2 Å². The molecule has 2 heteroatoms. The van der Waals surface area contributed by atoms with Gasteiger partial charge in [0.05, 0.1) is 6.10 Å². The van der Waals surface area contributed by atoms with Crippen LogP contribution in [-0.4, -0.2) is 37.2 Å². The van der Waals surface area contributed by atoms with E-state index in [9.17, 15) is 0 Å². The molecule has 66 valence electrons. The van der Waals surface area contributed by atoms with Gasteiger partial charge in [-0.25, -0.2) is 0 Å². The van der Waals surface area contributed by atoms with Crippen molar-refractivity contribution in [2.24, 2.45) is 0 Å². The van der Waals surface area contributed by atoms with E-state index in [1.165, 1.54) is 12.8 Å². The summed E-state index contributed by atoms with van der Waals surface area (Å²) >= 11 is 0. The Morgan fingerprint density at radius 2 is 2.27 bits per heavy atom. The summed E-state index contributed by atoms with van der Waals surface area (Å²) < 4.78 is 5.53. The highest BCUT2D eigenvalue weighted by Gasteiger charge is 2.17. The molecule has 0 bridgehead atoms. The molecular weight excluding hydrogens is 138 g/mol. The maximum absolute atomic E-state index is 5.53. The fourth-order valence-electron chi connectivity index (χ4n) is 1.32. The summed E-state index contributed by atoms with van der Waals surface area (Å²) in [6.45, 7) is 6.50. The van der Waals surface area contributed by atoms with Crippen molar-refractivity contribution in [1.82, 2.24) is 4.90 Å². The topological polar surface area (TPSA) is 12.5 Å². The second kappa shape index (κ2) is 4.07. The van der Waals surface area contributed by atoms with Gasteiger partial charge in [0, 0.05) is 19.2 Å². The number of rotatable bonds is 3. The zero-order chi connectivity index (χ0) is 8.27. The minimum Gasteiger partial charge on any atom is -0.377 e. The van der Waals surface area contributed by atoms with Crippen molar-refractivity contribution in [1.29, 1.82) is 0 Å². The lowest BCUT2D eigenvalue weighted by Crippen LogP contribution is -2.33. The maximum Gasteiger partial charge on any atom is 0.0702 e. The molecule has 1 heterocycles. The van der Waals surface area contributed by atoms with Gasteiger partial charge in [0.1, 0.15) is 0 Å². The molecule has 1 atom stereocenters. The minimum absolute atomic E-state index is 0.502. The van der Waals surface area contributed by atoms with Crippen molar-refractivity contribution in [2.75, 3.05) is 20.2 Å². The smallest absolute Gasteiger partial charge is 0.0702 e. The SMILES string of the molecule is CC(C)N(C)CC1CCCO1. The third kappa shape index (κ3) is 2.80. The van der Waals surface area contributed by atoms with E-state index in [4.69, 9.17) is 4.74 Å². The Morgan fingerprint density at radius 1 is 1.55 bits per heavy atom. The highest BCUT2D eigenvalue weighted by molar-refractivity contribution is 4.69. The van der Waals surface area contributed by atoms with Gasteiger partial charge in [-0.3, -0.25) is 0 Å². The molecule has 0 radical (unpaired) electrons. The largest absolute Gasteiger partial charge is 0.377 e. The first-order chi connectivity index (χ1) is 5.20. The van der Waals surface area contributed by atoms with Crippen molar-refractivity contribution in [3.05, 3.63) is 0 Å². The minimum atomic E-state index is 0.502. The van der Waals surface area contributed by atoms with E-state index in [-0.39, 0.29) is 0 Å². The molecular formula is C9H19NO. The Kier molecular flexibility index (Phi) is 3.34. The predicted molar refractivity (Wildman–Crippen MR) is 46.7 cm³/mol. The lowest BCUT2D eigenvalue weighted by Gasteiger charge is -2.23. The average Bonchev–Trinajstić information content (AvgIpc) is 2.39. The summed E-state index contributed by atoms with van der Waals surface area (Å²) in [5.74, 6) is 0. The lowest BCUT2D eigenvalue weighted by atomic mass is 10.2. The molecule has 2 nitrogen and oxygen atoms in total. The first kappa shape index (κ1) is 9.01. The van der Waals surface area contributed by atoms with Crippen LogP contribution in [0.1, 0.15) is 26.7 Å². The van der Waals surface area contributed by atoms with Crippen LogP contribution in [0.3, 0.4) is 0 Å². The molecule has 1 fully saturated rings. The molecule has 0 N–H and O–H groups in total. The zero-order valence-corrected chi connectivity index (χ0v) is 7.84. The summed E-state index contributed by atoms with van der Waals surface area (Å²) in [7, 11) is 2.16. The molecule has 0 saturated carbocycles. The highest BCUT2D eigenvalue weighted by atomic mass is 16.5. The van der Waals surface area contributed by atoms with Crippen LogP contribution in [0.2, 0.25) is 0 Å². The van der Waals surface area contributed by atoms with Crippen LogP contribution in [0, 0.1) is 0 Å². The summed E-state index contributed by atoms with van der Waals surface area (Å²) in [5.41, 5.74) is 0. The standard InChI is InChI=1S/C9H19NO/c1-8(2)10(3)7-9-5-4-6-11-9/h8-9H,4-7H2,1-3H3. The Labute approximate surface area is 69.5 Å². The fraction of sp³-hybridized carbons (Fsp3) is 1.00. The summed E-state index contributed by atoms with van der Waals surface area (Å²) in [5, 5.41) is 0. The van der Waals surface area contributed by atoms with Crippen molar-refractivity contribution in [3.8, 4) is 0 Å². The van der Waals surface area contributed by atoms with Gasteiger partial charge >= 0.3 is 0 Å². The number of hydrogen-bond acceptors (Lipinski definition) is 2. The molecule has 1 rings (SSSR count). The summed E-state index contributed by atoms with van der Waals surface area (Å²) in [6, 6.07) is 0.638. The number of hydrogen-bond donors (Lipinski definition) is 0. The Hall–Kier alpha value is -0.0800. The van der Waals surface area contributed by atoms with Gasteiger partial charge in [-0.05, 0) is 33.7 Å². The molecule has 1 saturated heterocycles. The van der Waals surface area contributed by atoms with Crippen molar-refractivity contribution >= 4 is 0 Å². The number of likely N-dealkylation sites (N-methyl/N-ethyl adjacent to an activating group) is 1. The molecule has 0 amide bonds. The number of nitrogens with zero attached hydrogens (tertiary/aromatic N) is 1. The van der Waals surface area contributed by atoms with Crippen molar-refractivity contribution in [2.45, 2.75) is 38.8 Å². The zero-order valence-electron chi connectivity index (χ0n) is 7.84. The van der Waals surface area contributed by atoms with Crippen LogP contribution in [0.4, 0.5) is 0 Å². The molecule has 0 aromatic carbocycles. The predicted octanol–water partition coefficient (Wildman–Crippen LogP) is 1.51. The highest BCUT2D eigenvalue weighted by Crippen LogP contribution is 2.13. The van der Waals surface area contributed by atoms with Gasteiger partial charge in [-0.1, -0.05) is 0 Å². The second-order valence-corrected chi connectivity index (χ2v) is 3.67. The molecule has 11 heavy (non-hydrogen) atoms. The fourth-order valence-corrected chi connectivity index (χ4v) is 1.32. The van der Waals surface area contributed by atoms with E-state index in [1.807, 2.05) is 0 Å². The van der Waals surface area contributed by atoms with Crippen LogP contribution < -0.4 is 0 Å². The van der Waals surface area contributed by atoms with E-state index >= 15 is 0 Å². The molecule has 0 spiro atoms. The quantitative estimate of drug-likeness (QED) is 0.615. The molecule has 1 unspecified atom stereocenters.